The topological polar surface area (TPSA) is 37.0 Å². The zero-order valence-corrected chi connectivity index (χ0v) is 19.6. The van der Waals surface area contributed by atoms with Crippen molar-refractivity contribution in [3.05, 3.63) is 130 Å². The first-order valence-corrected chi connectivity index (χ1v) is 11.9. The number of halogens is 1. The van der Waals surface area contributed by atoms with Gasteiger partial charge in [0, 0.05) is 17.2 Å². The van der Waals surface area contributed by atoms with Crippen molar-refractivity contribution in [1.29, 1.82) is 0 Å². The normalized spacial score (nSPS) is 11.3. The Hall–Kier alpha value is -2.95. The lowest BCUT2D eigenvalue weighted by Crippen LogP contribution is -2.45. The van der Waals surface area contributed by atoms with Crippen molar-refractivity contribution < 1.29 is 0 Å². The van der Waals surface area contributed by atoms with E-state index in [-0.39, 0.29) is 0 Å². The van der Waals surface area contributed by atoms with Gasteiger partial charge in [0.05, 0.1) is 5.54 Å². The van der Waals surface area contributed by atoms with Crippen molar-refractivity contribution in [2.75, 3.05) is 18.4 Å². The summed E-state index contributed by atoms with van der Waals surface area (Å²) in [5.74, 6) is 0.911. The van der Waals surface area contributed by atoms with E-state index in [1.165, 1.54) is 16.7 Å². The molecule has 1 aromatic heterocycles. The van der Waals surface area contributed by atoms with E-state index >= 15 is 0 Å². The Morgan fingerprint density at radius 2 is 1.12 bits per heavy atom. The maximum absolute atomic E-state index is 4.38. The van der Waals surface area contributed by atoms with E-state index in [9.17, 15) is 0 Å². The maximum atomic E-state index is 4.38. The van der Waals surface area contributed by atoms with Gasteiger partial charge in [-0.15, -0.1) is 0 Å². The van der Waals surface area contributed by atoms with Crippen LogP contribution >= 0.6 is 15.9 Å². The molecular formula is C28H28BrN3. The largest absolute Gasteiger partial charge is 0.370 e. The number of benzene rings is 3. The highest BCUT2D eigenvalue weighted by Gasteiger charge is 2.35. The van der Waals surface area contributed by atoms with Gasteiger partial charge in [0.2, 0.25) is 0 Å². The summed E-state index contributed by atoms with van der Waals surface area (Å²) in [7, 11) is 0. The first kappa shape index (κ1) is 22.3. The number of rotatable bonds is 10. The molecule has 162 valence electrons. The zero-order chi connectivity index (χ0) is 22.1. The summed E-state index contributed by atoms with van der Waals surface area (Å²) >= 11 is 3.43. The van der Waals surface area contributed by atoms with E-state index in [0.717, 1.165) is 36.2 Å². The second kappa shape index (κ2) is 11.1. The molecule has 32 heavy (non-hydrogen) atoms. The molecule has 0 radical (unpaired) electrons. The molecule has 0 aliphatic heterocycles. The van der Waals surface area contributed by atoms with Crippen LogP contribution in [0.15, 0.2) is 114 Å². The fraction of sp³-hybridized carbons (Fsp3) is 0.179. The van der Waals surface area contributed by atoms with E-state index in [1.54, 1.807) is 0 Å². The van der Waals surface area contributed by atoms with Crippen LogP contribution in [0.25, 0.3) is 0 Å². The Balaban J connectivity index is 1.51. The van der Waals surface area contributed by atoms with Crippen molar-refractivity contribution in [2.45, 2.75) is 18.4 Å². The lowest BCUT2D eigenvalue weighted by molar-refractivity contribution is 0.462. The highest BCUT2D eigenvalue weighted by Crippen LogP contribution is 2.36. The highest BCUT2D eigenvalue weighted by molar-refractivity contribution is 9.10. The minimum Gasteiger partial charge on any atom is -0.370 e. The van der Waals surface area contributed by atoms with Gasteiger partial charge >= 0.3 is 0 Å². The summed E-state index contributed by atoms with van der Waals surface area (Å²) < 4.78 is 0.992. The monoisotopic (exact) mass is 485 g/mol. The van der Waals surface area contributed by atoms with Crippen LogP contribution in [0.1, 0.15) is 29.5 Å². The highest BCUT2D eigenvalue weighted by atomic mass is 79.9. The summed E-state index contributed by atoms with van der Waals surface area (Å²) in [6.45, 7) is 1.79. The van der Waals surface area contributed by atoms with Gasteiger partial charge in [0.15, 0.2) is 0 Å². The van der Waals surface area contributed by atoms with Crippen molar-refractivity contribution in [2.24, 2.45) is 0 Å². The second-order valence-electron chi connectivity index (χ2n) is 7.77. The average molecular weight is 486 g/mol. The number of pyridine rings is 1. The zero-order valence-electron chi connectivity index (χ0n) is 18.0. The molecule has 1 heterocycles. The fourth-order valence-corrected chi connectivity index (χ4v) is 4.33. The molecule has 4 rings (SSSR count). The number of nitrogens with one attached hydrogen (secondary N) is 2. The molecule has 0 saturated heterocycles. The molecule has 0 atom stereocenters. The maximum Gasteiger partial charge on any atom is 0.125 e. The number of unbranched alkanes of at least 4 members (excludes halogenated alkanes) is 1. The third kappa shape index (κ3) is 5.26. The standard InChI is InChI=1S/C28H28BrN3/c29-26-18-19-27(31-22-26)30-20-10-11-21-32-28(23-12-4-1-5-13-23,24-14-6-2-7-15-24)25-16-8-3-9-17-25/h1-9,12-19,22,32H,10-11,20-21H2,(H,30,31). The van der Waals surface area contributed by atoms with Gasteiger partial charge in [-0.05, 0) is 64.1 Å². The van der Waals surface area contributed by atoms with Crippen LogP contribution in [-0.2, 0) is 5.54 Å². The Morgan fingerprint density at radius 1 is 0.625 bits per heavy atom. The molecule has 0 spiro atoms. The lowest BCUT2D eigenvalue weighted by Gasteiger charge is -2.37. The second-order valence-corrected chi connectivity index (χ2v) is 8.69. The van der Waals surface area contributed by atoms with E-state index in [0.29, 0.717) is 0 Å². The van der Waals surface area contributed by atoms with Gasteiger partial charge in [0.25, 0.3) is 0 Å². The number of hydrogen-bond donors (Lipinski definition) is 2. The predicted octanol–water partition coefficient (Wildman–Crippen LogP) is 6.62. The molecule has 0 unspecified atom stereocenters. The molecule has 0 amide bonds. The molecular weight excluding hydrogens is 458 g/mol. The van der Waals surface area contributed by atoms with E-state index < -0.39 is 5.54 Å². The molecule has 0 fully saturated rings. The van der Waals surface area contributed by atoms with Gasteiger partial charge in [-0.2, -0.15) is 0 Å². The number of hydrogen-bond acceptors (Lipinski definition) is 3. The van der Waals surface area contributed by atoms with Crippen LogP contribution in [0, 0.1) is 0 Å². The third-order valence-electron chi connectivity index (χ3n) is 5.65. The van der Waals surface area contributed by atoms with Crippen LogP contribution < -0.4 is 10.6 Å². The van der Waals surface area contributed by atoms with Crippen LogP contribution in [0.3, 0.4) is 0 Å². The molecule has 0 bridgehead atoms. The number of nitrogens with zero attached hydrogens (tertiary/aromatic N) is 1. The van der Waals surface area contributed by atoms with E-state index in [4.69, 9.17) is 0 Å². The van der Waals surface area contributed by atoms with Crippen molar-refractivity contribution in [1.82, 2.24) is 10.3 Å². The van der Waals surface area contributed by atoms with Gasteiger partial charge in [-0.1, -0.05) is 91.0 Å². The smallest absolute Gasteiger partial charge is 0.125 e. The minimum absolute atomic E-state index is 0.398. The van der Waals surface area contributed by atoms with Gasteiger partial charge in [0.1, 0.15) is 5.82 Å². The predicted molar refractivity (Wildman–Crippen MR) is 137 cm³/mol. The molecule has 2 N–H and O–H groups in total. The Labute approximate surface area is 199 Å². The van der Waals surface area contributed by atoms with Crippen molar-refractivity contribution in [3.63, 3.8) is 0 Å². The quantitative estimate of drug-likeness (QED) is 0.196. The summed E-state index contributed by atoms with van der Waals surface area (Å²) in [6.07, 6.45) is 3.93. The van der Waals surface area contributed by atoms with Gasteiger partial charge in [-0.25, -0.2) is 4.98 Å². The molecule has 0 aliphatic carbocycles. The van der Waals surface area contributed by atoms with E-state index in [1.807, 2.05) is 18.3 Å². The summed E-state index contributed by atoms with van der Waals surface area (Å²) in [4.78, 5) is 4.38. The third-order valence-corrected chi connectivity index (χ3v) is 6.12. The first-order valence-electron chi connectivity index (χ1n) is 11.1. The molecule has 4 aromatic rings. The summed E-state index contributed by atoms with van der Waals surface area (Å²) in [5.41, 5.74) is 3.34. The minimum atomic E-state index is -0.398. The molecule has 4 heteroatoms. The molecule has 3 nitrogen and oxygen atoms in total. The number of aromatic nitrogens is 1. The fourth-order valence-electron chi connectivity index (χ4n) is 4.09. The Bertz CT molecular complexity index is 971. The van der Waals surface area contributed by atoms with Gasteiger partial charge < -0.3 is 5.32 Å². The first-order chi connectivity index (χ1) is 15.8. The Kier molecular flexibility index (Phi) is 7.70. The summed E-state index contributed by atoms with van der Waals surface area (Å²) in [6, 6.07) is 36.2. The Morgan fingerprint density at radius 3 is 1.59 bits per heavy atom. The molecule has 0 aliphatic rings. The van der Waals surface area contributed by atoms with Gasteiger partial charge in [-0.3, -0.25) is 5.32 Å². The molecule has 0 saturated carbocycles. The van der Waals surface area contributed by atoms with E-state index in [2.05, 4.69) is 123 Å². The van der Waals surface area contributed by atoms with Crippen LogP contribution in [0.2, 0.25) is 0 Å². The van der Waals surface area contributed by atoms with Crippen molar-refractivity contribution in [3.8, 4) is 0 Å². The summed E-state index contributed by atoms with van der Waals surface area (Å²) in [5, 5.41) is 7.34. The van der Waals surface area contributed by atoms with Crippen LogP contribution in [0.4, 0.5) is 5.82 Å². The average Bonchev–Trinajstić information content (AvgIpc) is 2.86. The number of anilines is 1. The van der Waals surface area contributed by atoms with Crippen LogP contribution in [-0.4, -0.2) is 18.1 Å². The van der Waals surface area contributed by atoms with Crippen LogP contribution in [0.5, 0.6) is 0 Å². The lowest BCUT2D eigenvalue weighted by atomic mass is 9.77. The SMILES string of the molecule is Brc1ccc(NCCCCNC(c2ccccc2)(c2ccccc2)c2ccccc2)nc1. The van der Waals surface area contributed by atoms with Crippen molar-refractivity contribution >= 4 is 21.7 Å². The molecule has 3 aromatic carbocycles.